The maximum atomic E-state index is 12.2. The maximum Gasteiger partial charge on any atom is 0.226 e. The predicted octanol–water partition coefficient (Wildman–Crippen LogP) is 6.53. The molecule has 0 N–H and O–H groups in total. The number of alkyl halides is 7. The number of benzene rings is 1. The van der Waals surface area contributed by atoms with Gasteiger partial charge >= 0.3 is 0 Å². The van der Waals surface area contributed by atoms with Gasteiger partial charge in [-0.3, -0.25) is 0 Å². The first kappa shape index (κ1) is 19.3. The second-order valence-electron chi connectivity index (χ2n) is 4.70. The lowest BCUT2D eigenvalue weighted by Crippen LogP contribution is -2.46. The van der Waals surface area contributed by atoms with Crippen LogP contribution in [0.2, 0.25) is 0 Å². The molecule has 8 heteroatoms. The van der Waals surface area contributed by atoms with Crippen LogP contribution in [0.5, 0.6) is 0 Å². The third kappa shape index (κ3) is 3.58. The molecule has 0 atom stereocenters. The lowest BCUT2D eigenvalue weighted by Gasteiger charge is -2.39. The van der Waals surface area contributed by atoms with E-state index in [9.17, 15) is 5.11 Å². The van der Waals surface area contributed by atoms with Gasteiger partial charge in [-0.1, -0.05) is 105 Å². The van der Waals surface area contributed by atoms with Gasteiger partial charge in [0.25, 0.3) is 0 Å². The molecule has 20 heavy (non-hydrogen) atoms. The molecule has 0 spiro atoms. The molecule has 0 aliphatic carbocycles. The Kier molecular flexibility index (Phi) is 5.79. The highest BCUT2D eigenvalue weighted by atomic mass is 35.6. The molecule has 0 unspecified atom stereocenters. The Hall–Kier alpha value is 1.21. The summed E-state index contributed by atoms with van der Waals surface area (Å²) in [6.07, 6.45) is 0. The lowest BCUT2D eigenvalue weighted by atomic mass is 9.90. The zero-order chi connectivity index (χ0) is 16.0. The van der Waals surface area contributed by atoms with Crippen molar-refractivity contribution in [3.63, 3.8) is 0 Å². The van der Waals surface area contributed by atoms with Gasteiger partial charge in [-0.2, -0.15) is 0 Å². The fourth-order valence-electron chi connectivity index (χ4n) is 1.63. The quantitative estimate of drug-likeness (QED) is 0.498. The van der Waals surface area contributed by atoms with Gasteiger partial charge in [-0.25, -0.2) is 5.11 Å². The number of rotatable bonds is 3. The first-order valence-corrected chi connectivity index (χ1v) is 8.00. The summed E-state index contributed by atoms with van der Waals surface area (Å²) in [5.41, 5.74) is -0.979. The SMILES string of the molecule is CC(C)([O])c1ccccc1C(Cl)(Cl)C(Cl)(Cl)C(Cl)(Cl)Cl. The molecule has 1 aromatic carbocycles. The van der Waals surface area contributed by atoms with E-state index in [0.717, 1.165) is 0 Å². The number of hydrogen-bond acceptors (Lipinski definition) is 0. The topological polar surface area (TPSA) is 19.9 Å². The van der Waals surface area contributed by atoms with E-state index in [4.69, 9.17) is 81.2 Å². The van der Waals surface area contributed by atoms with Crippen molar-refractivity contribution in [3.8, 4) is 0 Å². The average molecular weight is 418 g/mol. The van der Waals surface area contributed by atoms with Gasteiger partial charge in [0.2, 0.25) is 8.13 Å². The molecule has 1 rings (SSSR count). The normalized spacial score (nSPS) is 14.5. The summed E-state index contributed by atoms with van der Waals surface area (Å²) >= 11 is 41.9. The van der Waals surface area contributed by atoms with Crippen molar-refractivity contribution in [2.75, 3.05) is 0 Å². The highest BCUT2D eigenvalue weighted by Gasteiger charge is 2.61. The van der Waals surface area contributed by atoms with Gasteiger partial charge in [-0.15, -0.1) is 0 Å². The Morgan fingerprint density at radius 2 is 1.20 bits per heavy atom. The third-order valence-electron chi connectivity index (χ3n) is 2.66. The van der Waals surface area contributed by atoms with Crippen LogP contribution in [0, 0.1) is 0 Å². The largest absolute Gasteiger partial charge is 0.226 e. The monoisotopic (exact) mass is 415 g/mol. The van der Waals surface area contributed by atoms with E-state index in [1.165, 1.54) is 19.9 Å². The van der Waals surface area contributed by atoms with Crippen LogP contribution in [-0.2, 0) is 15.0 Å². The summed E-state index contributed by atoms with van der Waals surface area (Å²) in [5.74, 6) is 0. The van der Waals surface area contributed by atoms with Gasteiger partial charge in [0, 0.05) is 0 Å². The maximum absolute atomic E-state index is 12.2. The van der Waals surface area contributed by atoms with Gasteiger partial charge < -0.3 is 0 Å². The van der Waals surface area contributed by atoms with E-state index < -0.39 is 18.1 Å². The lowest BCUT2D eigenvalue weighted by molar-refractivity contribution is -0.00107. The Balaban J connectivity index is 3.52. The van der Waals surface area contributed by atoms with E-state index in [2.05, 4.69) is 0 Å². The van der Waals surface area contributed by atoms with Crippen LogP contribution in [0.3, 0.4) is 0 Å². The molecule has 0 saturated heterocycles. The van der Waals surface area contributed by atoms with Crippen LogP contribution < -0.4 is 0 Å². The van der Waals surface area contributed by atoms with E-state index in [0.29, 0.717) is 5.56 Å². The summed E-state index contributed by atoms with van der Waals surface area (Å²) in [6, 6.07) is 6.39. The molecule has 0 aliphatic rings. The van der Waals surface area contributed by atoms with Crippen molar-refractivity contribution < 1.29 is 5.11 Å². The summed E-state index contributed by atoms with van der Waals surface area (Å²) < 4.78 is -6.34. The smallest absolute Gasteiger partial charge is 0.225 e. The highest BCUT2D eigenvalue weighted by Crippen LogP contribution is 2.61. The van der Waals surface area contributed by atoms with Crippen molar-refractivity contribution in [1.82, 2.24) is 0 Å². The first-order valence-electron chi connectivity index (χ1n) is 5.35. The standard InChI is InChI=1S/C12H10Cl7O/c1-9(2,20)7-5-3-4-6-8(7)10(13,14)11(15,16)12(17,18)19/h3-6H,1-2H3. The van der Waals surface area contributed by atoms with Crippen LogP contribution in [0.25, 0.3) is 0 Å². The highest BCUT2D eigenvalue weighted by molar-refractivity contribution is 6.78. The van der Waals surface area contributed by atoms with Gasteiger partial charge in [0.05, 0.1) is 0 Å². The van der Waals surface area contributed by atoms with Crippen LogP contribution >= 0.6 is 81.2 Å². The average Bonchev–Trinajstić information content (AvgIpc) is 2.26. The van der Waals surface area contributed by atoms with Gasteiger partial charge in [0.15, 0.2) is 4.33 Å². The molecule has 1 radical (unpaired) electrons. The molecule has 113 valence electrons. The molecule has 0 amide bonds. The van der Waals surface area contributed by atoms with Crippen molar-refractivity contribution in [1.29, 1.82) is 0 Å². The first-order chi connectivity index (χ1) is 8.73. The van der Waals surface area contributed by atoms with Crippen molar-refractivity contribution in [3.05, 3.63) is 35.4 Å². The Morgan fingerprint density at radius 3 is 1.55 bits per heavy atom. The Bertz CT molecular complexity index is 485. The molecule has 0 aromatic heterocycles. The molecule has 0 saturated carbocycles. The molecule has 0 aliphatic heterocycles. The predicted molar refractivity (Wildman–Crippen MR) is 88.3 cm³/mol. The minimum atomic E-state index is -2.17. The molecular formula is C12H10Cl7O. The minimum absolute atomic E-state index is 0.194. The van der Waals surface area contributed by atoms with Crippen LogP contribution in [0.4, 0.5) is 0 Å². The van der Waals surface area contributed by atoms with Crippen LogP contribution in [0.1, 0.15) is 25.0 Å². The molecular weight excluding hydrogens is 408 g/mol. The second kappa shape index (κ2) is 6.02. The number of hydrogen-bond donors (Lipinski definition) is 0. The van der Waals surface area contributed by atoms with Gasteiger partial charge in [-0.05, 0) is 25.0 Å². The Morgan fingerprint density at radius 1 is 0.800 bits per heavy atom. The number of halogens is 7. The van der Waals surface area contributed by atoms with E-state index >= 15 is 0 Å². The zero-order valence-electron chi connectivity index (χ0n) is 10.4. The third-order valence-corrected chi connectivity index (χ3v) is 6.59. The van der Waals surface area contributed by atoms with E-state index in [1.54, 1.807) is 18.2 Å². The minimum Gasteiger partial charge on any atom is -0.225 e. The van der Waals surface area contributed by atoms with Crippen LogP contribution in [-0.4, -0.2) is 8.13 Å². The van der Waals surface area contributed by atoms with Crippen molar-refractivity contribution >= 4 is 81.2 Å². The molecule has 0 heterocycles. The molecule has 1 nitrogen and oxygen atoms in total. The zero-order valence-corrected chi connectivity index (χ0v) is 15.7. The summed E-state index contributed by atoms with van der Waals surface area (Å²) in [6.45, 7) is 2.91. The van der Waals surface area contributed by atoms with Gasteiger partial charge in [0.1, 0.15) is 5.60 Å². The fraction of sp³-hybridized carbons (Fsp3) is 0.500. The van der Waals surface area contributed by atoms with E-state index in [-0.39, 0.29) is 5.56 Å². The summed E-state index contributed by atoms with van der Waals surface area (Å²) in [7, 11) is 0. The Labute approximate surface area is 153 Å². The van der Waals surface area contributed by atoms with Crippen molar-refractivity contribution in [2.45, 2.75) is 31.9 Å². The fourth-order valence-corrected chi connectivity index (χ4v) is 3.16. The molecule has 0 fully saturated rings. The van der Waals surface area contributed by atoms with Crippen molar-refractivity contribution in [2.24, 2.45) is 0 Å². The molecule has 1 aromatic rings. The molecule has 0 bridgehead atoms. The summed E-state index contributed by atoms with van der Waals surface area (Å²) in [4.78, 5) is 0. The van der Waals surface area contributed by atoms with E-state index in [1.807, 2.05) is 0 Å². The second-order valence-corrected chi connectivity index (χ2v) is 9.64. The van der Waals surface area contributed by atoms with Crippen LogP contribution in [0.15, 0.2) is 24.3 Å². The summed E-state index contributed by atoms with van der Waals surface area (Å²) in [5, 5.41) is 12.2.